The van der Waals surface area contributed by atoms with Crippen LogP contribution in [-0.4, -0.2) is 25.3 Å². The average molecular weight is 237 g/mol. The van der Waals surface area contributed by atoms with Crippen molar-refractivity contribution in [2.24, 2.45) is 17.3 Å². The molecule has 0 spiro atoms. The van der Waals surface area contributed by atoms with Gasteiger partial charge in [0.25, 0.3) is 0 Å². The Kier molecular flexibility index (Phi) is 3.20. The van der Waals surface area contributed by atoms with Crippen molar-refractivity contribution in [2.45, 2.75) is 64.5 Å². The van der Waals surface area contributed by atoms with Crippen LogP contribution in [0.3, 0.4) is 0 Å². The van der Waals surface area contributed by atoms with E-state index in [0.29, 0.717) is 18.1 Å². The molecule has 0 aromatic rings. The number of rotatable bonds is 5. The molecule has 0 aromatic carbocycles. The normalized spacial score (nSPS) is 36.2. The van der Waals surface area contributed by atoms with Crippen molar-refractivity contribution in [3.05, 3.63) is 0 Å². The SMILES string of the molecule is CC(C)C1CC(NCC2(C3CC3)CC2)CCO1. The molecule has 3 aliphatic rings. The molecule has 0 amide bonds. The van der Waals surface area contributed by atoms with E-state index in [0.717, 1.165) is 17.9 Å². The molecule has 2 atom stereocenters. The molecule has 0 radical (unpaired) electrons. The summed E-state index contributed by atoms with van der Waals surface area (Å²) in [5.41, 5.74) is 0.742. The Bertz CT molecular complexity index is 268. The van der Waals surface area contributed by atoms with Crippen molar-refractivity contribution in [3.8, 4) is 0 Å². The Hall–Kier alpha value is -0.0800. The van der Waals surface area contributed by atoms with Crippen molar-refractivity contribution < 1.29 is 4.74 Å². The van der Waals surface area contributed by atoms with Crippen LogP contribution in [0, 0.1) is 17.3 Å². The predicted octanol–water partition coefficient (Wildman–Crippen LogP) is 2.97. The largest absolute Gasteiger partial charge is 0.378 e. The number of nitrogens with one attached hydrogen (secondary N) is 1. The number of ether oxygens (including phenoxy) is 1. The van der Waals surface area contributed by atoms with Crippen LogP contribution in [0.15, 0.2) is 0 Å². The summed E-state index contributed by atoms with van der Waals surface area (Å²) in [6.45, 7) is 6.79. The summed E-state index contributed by atoms with van der Waals surface area (Å²) in [7, 11) is 0. The van der Waals surface area contributed by atoms with Gasteiger partial charge in [-0.15, -0.1) is 0 Å². The zero-order chi connectivity index (χ0) is 11.9. The lowest BCUT2D eigenvalue weighted by Crippen LogP contribution is -2.43. The van der Waals surface area contributed by atoms with Crippen molar-refractivity contribution in [1.29, 1.82) is 0 Å². The van der Waals surface area contributed by atoms with Crippen molar-refractivity contribution >= 4 is 0 Å². The summed E-state index contributed by atoms with van der Waals surface area (Å²) in [6.07, 6.45) is 8.90. The first-order valence-corrected chi connectivity index (χ1v) is 7.55. The van der Waals surface area contributed by atoms with E-state index >= 15 is 0 Å². The maximum absolute atomic E-state index is 5.84. The van der Waals surface area contributed by atoms with Gasteiger partial charge in [0, 0.05) is 19.2 Å². The Morgan fingerprint density at radius 3 is 2.59 bits per heavy atom. The topological polar surface area (TPSA) is 21.3 Å². The van der Waals surface area contributed by atoms with Crippen LogP contribution in [-0.2, 0) is 4.74 Å². The van der Waals surface area contributed by atoms with Crippen molar-refractivity contribution in [2.75, 3.05) is 13.2 Å². The molecule has 1 aliphatic heterocycles. The molecular formula is C15H27NO. The lowest BCUT2D eigenvalue weighted by molar-refractivity contribution is -0.0250. The highest BCUT2D eigenvalue weighted by Crippen LogP contribution is 2.60. The summed E-state index contributed by atoms with van der Waals surface area (Å²) < 4.78 is 5.84. The lowest BCUT2D eigenvalue weighted by Gasteiger charge is -2.33. The lowest BCUT2D eigenvalue weighted by atomic mass is 9.94. The van der Waals surface area contributed by atoms with Gasteiger partial charge in [-0.3, -0.25) is 0 Å². The van der Waals surface area contributed by atoms with E-state index in [1.54, 1.807) is 0 Å². The number of hydrogen-bond donors (Lipinski definition) is 1. The molecule has 0 bridgehead atoms. The quantitative estimate of drug-likeness (QED) is 0.793. The van der Waals surface area contributed by atoms with Crippen LogP contribution in [0.1, 0.15) is 52.4 Å². The summed E-state index contributed by atoms with van der Waals surface area (Å²) in [5.74, 6) is 1.74. The van der Waals surface area contributed by atoms with Gasteiger partial charge in [-0.05, 0) is 55.8 Å². The van der Waals surface area contributed by atoms with Crippen LogP contribution in [0.5, 0.6) is 0 Å². The molecule has 0 aromatic heterocycles. The van der Waals surface area contributed by atoms with Crippen molar-refractivity contribution in [3.63, 3.8) is 0 Å². The van der Waals surface area contributed by atoms with E-state index in [9.17, 15) is 0 Å². The smallest absolute Gasteiger partial charge is 0.0612 e. The van der Waals surface area contributed by atoms with Crippen LogP contribution in [0.25, 0.3) is 0 Å². The van der Waals surface area contributed by atoms with E-state index in [-0.39, 0.29) is 0 Å². The molecule has 1 heterocycles. The molecule has 98 valence electrons. The molecule has 3 rings (SSSR count). The molecule has 2 heteroatoms. The molecule has 3 fully saturated rings. The molecule has 2 nitrogen and oxygen atoms in total. The second-order valence-corrected chi connectivity index (χ2v) is 6.89. The third kappa shape index (κ3) is 2.68. The van der Waals surface area contributed by atoms with E-state index in [1.165, 1.54) is 45.1 Å². The zero-order valence-corrected chi connectivity index (χ0v) is 11.4. The monoisotopic (exact) mass is 237 g/mol. The second kappa shape index (κ2) is 4.55. The average Bonchev–Trinajstić information content (AvgIpc) is 3.17. The molecule has 2 unspecified atom stereocenters. The van der Waals surface area contributed by atoms with Gasteiger partial charge in [-0.1, -0.05) is 13.8 Å². The van der Waals surface area contributed by atoms with Gasteiger partial charge < -0.3 is 10.1 Å². The third-order valence-electron chi connectivity index (χ3n) is 5.14. The van der Waals surface area contributed by atoms with E-state index in [4.69, 9.17) is 4.74 Å². The third-order valence-corrected chi connectivity index (χ3v) is 5.14. The minimum atomic E-state index is 0.484. The molecule has 1 saturated heterocycles. The van der Waals surface area contributed by atoms with Gasteiger partial charge in [0.1, 0.15) is 0 Å². The highest BCUT2D eigenvalue weighted by Gasteiger charge is 2.53. The van der Waals surface area contributed by atoms with E-state index in [1.807, 2.05) is 0 Å². The molecule has 1 N–H and O–H groups in total. The summed E-state index contributed by atoms with van der Waals surface area (Å²) >= 11 is 0. The Morgan fingerprint density at radius 1 is 1.24 bits per heavy atom. The van der Waals surface area contributed by atoms with E-state index in [2.05, 4.69) is 19.2 Å². The van der Waals surface area contributed by atoms with Gasteiger partial charge in [-0.2, -0.15) is 0 Å². The zero-order valence-electron chi connectivity index (χ0n) is 11.4. The first-order valence-electron chi connectivity index (χ1n) is 7.55. The fourth-order valence-corrected chi connectivity index (χ4v) is 3.41. The van der Waals surface area contributed by atoms with Gasteiger partial charge in [0.15, 0.2) is 0 Å². The molecule has 17 heavy (non-hydrogen) atoms. The van der Waals surface area contributed by atoms with Gasteiger partial charge in [0.2, 0.25) is 0 Å². The van der Waals surface area contributed by atoms with Crippen molar-refractivity contribution in [1.82, 2.24) is 5.32 Å². The Balaban J connectivity index is 1.45. The fraction of sp³-hybridized carbons (Fsp3) is 1.00. The summed E-state index contributed by atoms with van der Waals surface area (Å²) in [6, 6.07) is 0.715. The molecule has 2 saturated carbocycles. The number of hydrogen-bond acceptors (Lipinski definition) is 2. The van der Waals surface area contributed by atoms with Gasteiger partial charge in [0.05, 0.1) is 6.10 Å². The maximum Gasteiger partial charge on any atom is 0.0612 e. The van der Waals surface area contributed by atoms with E-state index < -0.39 is 0 Å². The predicted molar refractivity (Wildman–Crippen MR) is 70.0 cm³/mol. The Morgan fingerprint density at radius 2 is 2.00 bits per heavy atom. The van der Waals surface area contributed by atoms with Gasteiger partial charge in [-0.25, -0.2) is 0 Å². The minimum Gasteiger partial charge on any atom is -0.378 e. The molecule has 2 aliphatic carbocycles. The first-order chi connectivity index (χ1) is 8.20. The highest BCUT2D eigenvalue weighted by atomic mass is 16.5. The highest BCUT2D eigenvalue weighted by molar-refractivity contribution is 5.05. The Labute approximate surface area is 105 Å². The van der Waals surface area contributed by atoms with Crippen LogP contribution in [0.2, 0.25) is 0 Å². The standard InChI is InChI=1S/C15H27NO/c1-11(2)14-9-13(5-8-17-14)16-10-15(6-7-15)12-3-4-12/h11-14,16H,3-10H2,1-2H3. The fourth-order valence-electron chi connectivity index (χ4n) is 3.41. The second-order valence-electron chi connectivity index (χ2n) is 6.89. The maximum atomic E-state index is 5.84. The molecular weight excluding hydrogens is 210 g/mol. The van der Waals surface area contributed by atoms with Crippen LogP contribution < -0.4 is 5.32 Å². The van der Waals surface area contributed by atoms with Crippen LogP contribution in [0.4, 0.5) is 0 Å². The summed E-state index contributed by atoms with van der Waals surface area (Å²) in [4.78, 5) is 0. The van der Waals surface area contributed by atoms with Gasteiger partial charge >= 0.3 is 0 Å². The summed E-state index contributed by atoms with van der Waals surface area (Å²) in [5, 5.41) is 3.85. The van der Waals surface area contributed by atoms with Crippen LogP contribution >= 0.6 is 0 Å². The first kappa shape index (κ1) is 12.0. The minimum absolute atomic E-state index is 0.484.